The maximum Gasteiger partial charge on any atom is 0.145 e. The van der Waals surface area contributed by atoms with Crippen LogP contribution in [0, 0.1) is 11.3 Å². The van der Waals surface area contributed by atoms with Crippen molar-refractivity contribution in [3.8, 4) is 11.8 Å². The van der Waals surface area contributed by atoms with E-state index >= 15 is 0 Å². The lowest BCUT2D eigenvalue weighted by molar-refractivity contribution is 0.890. The van der Waals surface area contributed by atoms with Gasteiger partial charge in [-0.2, -0.15) is 10.4 Å². The molecule has 0 spiro atoms. The fraction of sp³-hybridized carbons (Fsp3) is 0.167. The Morgan fingerprint density at radius 2 is 2.00 bits per heavy atom. The van der Waals surface area contributed by atoms with Gasteiger partial charge in [-0.15, -0.1) is 0 Å². The SMILES string of the molecule is CCc1cc(Cl)c(-n2ncc(C#N)c2N)c(Cl)c1. The predicted octanol–water partition coefficient (Wildman–Crippen LogP) is 3.20. The van der Waals surface area contributed by atoms with Crippen LogP contribution in [-0.4, -0.2) is 9.78 Å². The van der Waals surface area contributed by atoms with Crippen LogP contribution < -0.4 is 5.73 Å². The minimum absolute atomic E-state index is 0.227. The molecule has 0 bridgehead atoms. The van der Waals surface area contributed by atoms with Gasteiger partial charge in [0.15, 0.2) is 0 Å². The number of hydrogen-bond donors (Lipinski definition) is 1. The molecule has 18 heavy (non-hydrogen) atoms. The van der Waals surface area contributed by atoms with Crippen LogP contribution >= 0.6 is 23.2 Å². The van der Waals surface area contributed by atoms with E-state index in [1.807, 2.05) is 25.1 Å². The molecule has 4 nitrogen and oxygen atoms in total. The van der Waals surface area contributed by atoms with Gasteiger partial charge in [0, 0.05) is 0 Å². The fourth-order valence-corrected chi connectivity index (χ4v) is 2.34. The molecule has 0 aliphatic heterocycles. The molecule has 0 saturated carbocycles. The molecule has 0 amide bonds. The van der Waals surface area contributed by atoms with Gasteiger partial charge in [-0.1, -0.05) is 30.1 Å². The van der Waals surface area contributed by atoms with Crippen molar-refractivity contribution in [2.75, 3.05) is 5.73 Å². The Kier molecular flexibility index (Phi) is 3.46. The second-order valence-corrected chi connectivity index (χ2v) is 4.54. The molecule has 0 unspecified atom stereocenters. The molecule has 1 aromatic carbocycles. The van der Waals surface area contributed by atoms with Crippen molar-refractivity contribution in [2.24, 2.45) is 0 Å². The topological polar surface area (TPSA) is 67.6 Å². The van der Waals surface area contributed by atoms with Crippen LogP contribution in [0.1, 0.15) is 18.1 Å². The van der Waals surface area contributed by atoms with Gasteiger partial charge in [-0.25, -0.2) is 4.68 Å². The minimum atomic E-state index is 0.227. The van der Waals surface area contributed by atoms with Gasteiger partial charge in [0.2, 0.25) is 0 Å². The molecule has 1 heterocycles. The Morgan fingerprint density at radius 1 is 1.39 bits per heavy atom. The largest absolute Gasteiger partial charge is 0.382 e. The first-order valence-corrected chi connectivity index (χ1v) is 6.06. The molecule has 0 atom stereocenters. The van der Waals surface area contributed by atoms with Gasteiger partial charge in [-0.05, 0) is 24.1 Å². The van der Waals surface area contributed by atoms with E-state index in [-0.39, 0.29) is 5.82 Å². The summed E-state index contributed by atoms with van der Waals surface area (Å²) in [4.78, 5) is 0. The second kappa shape index (κ2) is 4.89. The number of hydrogen-bond acceptors (Lipinski definition) is 3. The van der Waals surface area contributed by atoms with Gasteiger partial charge in [0.1, 0.15) is 23.1 Å². The molecular formula is C12H10Cl2N4. The highest BCUT2D eigenvalue weighted by atomic mass is 35.5. The van der Waals surface area contributed by atoms with Gasteiger partial charge in [0.05, 0.1) is 16.2 Å². The summed E-state index contributed by atoms with van der Waals surface area (Å²) < 4.78 is 1.38. The van der Waals surface area contributed by atoms with Crippen LogP contribution in [-0.2, 0) is 6.42 Å². The van der Waals surface area contributed by atoms with Gasteiger partial charge >= 0.3 is 0 Å². The predicted molar refractivity (Wildman–Crippen MR) is 72.1 cm³/mol. The molecule has 0 aliphatic carbocycles. The van der Waals surface area contributed by atoms with Crippen LogP contribution in [0.25, 0.3) is 5.69 Å². The molecule has 0 fully saturated rings. The number of nitrogens with two attached hydrogens (primary N) is 1. The highest BCUT2D eigenvalue weighted by Gasteiger charge is 2.15. The summed E-state index contributed by atoms with van der Waals surface area (Å²) in [7, 11) is 0. The first-order chi connectivity index (χ1) is 8.58. The number of nitrogens with zero attached hydrogens (tertiary/aromatic N) is 3. The average Bonchev–Trinajstić information content (AvgIpc) is 2.70. The van der Waals surface area contributed by atoms with Crippen LogP contribution in [0.5, 0.6) is 0 Å². The zero-order chi connectivity index (χ0) is 13.3. The molecule has 1 aromatic heterocycles. The van der Waals surface area contributed by atoms with Crippen molar-refractivity contribution in [2.45, 2.75) is 13.3 Å². The highest BCUT2D eigenvalue weighted by molar-refractivity contribution is 6.37. The van der Waals surface area contributed by atoms with Crippen molar-refractivity contribution < 1.29 is 0 Å². The number of nitrogen functional groups attached to an aromatic ring is 1. The van der Waals surface area contributed by atoms with Crippen molar-refractivity contribution in [3.63, 3.8) is 0 Å². The number of rotatable bonds is 2. The maximum absolute atomic E-state index is 8.85. The molecule has 2 rings (SSSR count). The zero-order valence-corrected chi connectivity index (χ0v) is 11.1. The smallest absolute Gasteiger partial charge is 0.145 e. The van der Waals surface area contributed by atoms with Gasteiger partial charge < -0.3 is 5.73 Å². The number of benzene rings is 1. The number of halogens is 2. The van der Waals surface area contributed by atoms with Crippen molar-refractivity contribution >= 4 is 29.0 Å². The van der Waals surface area contributed by atoms with E-state index in [1.54, 1.807) is 0 Å². The third-order valence-electron chi connectivity index (χ3n) is 2.62. The van der Waals surface area contributed by atoms with Crippen LogP contribution in [0.4, 0.5) is 5.82 Å². The molecule has 0 saturated heterocycles. The summed E-state index contributed by atoms with van der Waals surface area (Å²) in [5.41, 5.74) is 7.63. The summed E-state index contributed by atoms with van der Waals surface area (Å²) in [6.45, 7) is 2.01. The van der Waals surface area contributed by atoms with E-state index < -0.39 is 0 Å². The Labute approximate surface area is 115 Å². The minimum Gasteiger partial charge on any atom is -0.382 e. The lowest BCUT2D eigenvalue weighted by atomic mass is 10.1. The summed E-state index contributed by atoms with van der Waals surface area (Å²) >= 11 is 12.4. The number of anilines is 1. The lowest BCUT2D eigenvalue weighted by Crippen LogP contribution is -2.04. The third kappa shape index (κ3) is 2.03. The van der Waals surface area contributed by atoms with E-state index in [9.17, 15) is 0 Å². The summed E-state index contributed by atoms with van der Waals surface area (Å²) in [6, 6.07) is 5.58. The summed E-state index contributed by atoms with van der Waals surface area (Å²) in [5.74, 6) is 0.227. The molecule has 0 radical (unpaired) electrons. The number of nitriles is 1. The van der Waals surface area contributed by atoms with Crippen LogP contribution in [0.15, 0.2) is 18.3 Å². The second-order valence-electron chi connectivity index (χ2n) is 3.73. The fourth-order valence-electron chi connectivity index (χ4n) is 1.65. The van der Waals surface area contributed by atoms with Crippen LogP contribution in [0.3, 0.4) is 0 Å². The van der Waals surface area contributed by atoms with Gasteiger partial charge in [0.25, 0.3) is 0 Å². The summed E-state index contributed by atoms with van der Waals surface area (Å²) in [5, 5.41) is 13.8. The normalized spacial score (nSPS) is 10.3. The van der Waals surface area contributed by atoms with Crippen molar-refractivity contribution in [3.05, 3.63) is 39.5 Å². The number of aryl methyl sites for hydroxylation is 1. The maximum atomic E-state index is 8.85. The highest BCUT2D eigenvalue weighted by Crippen LogP contribution is 2.32. The van der Waals surface area contributed by atoms with E-state index in [0.29, 0.717) is 21.3 Å². The standard InChI is InChI=1S/C12H10Cl2N4/c1-2-7-3-9(13)11(10(14)4-7)18-12(16)8(5-15)6-17-18/h3-4,6H,2,16H2,1H3. The Balaban J connectivity index is 2.65. The van der Waals surface area contributed by atoms with E-state index in [1.165, 1.54) is 10.9 Å². The van der Waals surface area contributed by atoms with Crippen molar-refractivity contribution in [1.82, 2.24) is 9.78 Å². The Hall–Kier alpha value is -1.70. The molecule has 2 N–H and O–H groups in total. The quantitative estimate of drug-likeness (QED) is 0.919. The van der Waals surface area contributed by atoms with Gasteiger partial charge in [-0.3, -0.25) is 0 Å². The first kappa shape index (κ1) is 12.7. The third-order valence-corrected chi connectivity index (χ3v) is 3.20. The summed E-state index contributed by atoms with van der Waals surface area (Å²) in [6.07, 6.45) is 2.22. The zero-order valence-electron chi connectivity index (χ0n) is 9.61. The average molecular weight is 281 g/mol. The number of aromatic nitrogens is 2. The van der Waals surface area contributed by atoms with E-state index in [0.717, 1.165) is 12.0 Å². The monoisotopic (exact) mass is 280 g/mol. The molecule has 6 heteroatoms. The lowest BCUT2D eigenvalue weighted by Gasteiger charge is -2.10. The molecule has 92 valence electrons. The Morgan fingerprint density at radius 3 is 2.44 bits per heavy atom. The first-order valence-electron chi connectivity index (χ1n) is 5.30. The molecular weight excluding hydrogens is 271 g/mol. The molecule has 0 aliphatic rings. The van der Waals surface area contributed by atoms with E-state index in [2.05, 4.69) is 5.10 Å². The Bertz CT molecular complexity index is 617. The van der Waals surface area contributed by atoms with Crippen molar-refractivity contribution in [1.29, 1.82) is 5.26 Å². The van der Waals surface area contributed by atoms with Crippen LogP contribution in [0.2, 0.25) is 10.0 Å². The van der Waals surface area contributed by atoms with E-state index in [4.69, 9.17) is 34.2 Å². The molecule has 2 aromatic rings.